The molecule has 1 unspecified atom stereocenters. The highest BCUT2D eigenvalue weighted by Crippen LogP contribution is 2.33. The summed E-state index contributed by atoms with van der Waals surface area (Å²) in [6, 6.07) is 10.6. The molecule has 0 bridgehead atoms. The first-order valence-electron chi connectivity index (χ1n) is 8.08. The summed E-state index contributed by atoms with van der Waals surface area (Å²) in [4.78, 5) is 20.3. The molecular formula is C18H18BrN3OS. The molecule has 0 radical (unpaired) electrons. The molecule has 24 heavy (non-hydrogen) atoms. The standard InChI is InChI=1S/C18H18BrN3OS/c1-12-11-24-18-20-15(9-17(23)22(12)18)10-21-7-3-6-16(21)13-4-2-5-14(19)8-13/h2,4-5,8-9,11,16H,3,6-7,10H2,1H3. The highest BCUT2D eigenvalue weighted by Gasteiger charge is 2.26. The lowest BCUT2D eigenvalue weighted by Crippen LogP contribution is -2.25. The van der Waals surface area contributed by atoms with Crippen molar-refractivity contribution in [2.45, 2.75) is 32.4 Å². The lowest BCUT2D eigenvalue weighted by atomic mass is 10.0. The molecule has 4 rings (SSSR count). The second-order valence-corrected chi connectivity index (χ2v) is 8.02. The summed E-state index contributed by atoms with van der Waals surface area (Å²) in [5.74, 6) is 0. The minimum atomic E-state index is 0.0203. The van der Waals surface area contributed by atoms with E-state index in [-0.39, 0.29) is 5.56 Å². The maximum absolute atomic E-state index is 12.4. The molecule has 3 heterocycles. The topological polar surface area (TPSA) is 37.6 Å². The van der Waals surface area contributed by atoms with Crippen molar-refractivity contribution in [3.05, 3.63) is 67.5 Å². The minimum absolute atomic E-state index is 0.0203. The Bertz CT molecular complexity index is 949. The van der Waals surface area contributed by atoms with Crippen LogP contribution in [0.25, 0.3) is 4.96 Å². The number of benzene rings is 1. The first-order chi connectivity index (χ1) is 11.6. The molecule has 6 heteroatoms. The molecule has 1 aliphatic rings. The van der Waals surface area contributed by atoms with Crippen molar-refractivity contribution < 1.29 is 0 Å². The van der Waals surface area contributed by atoms with Gasteiger partial charge < -0.3 is 0 Å². The van der Waals surface area contributed by atoms with Gasteiger partial charge in [-0.1, -0.05) is 28.1 Å². The van der Waals surface area contributed by atoms with Crippen molar-refractivity contribution in [2.24, 2.45) is 0 Å². The third-order valence-corrected chi connectivity index (χ3v) is 6.03. The molecule has 0 N–H and O–H groups in total. The van der Waals surface area contributed by atoms with Gasteiger partial charge in [0.25, 0.3) is 5.56 Å². The number of nitrogens with zero attached hydrogens (tertiary/aromatic N) is 3. The predicted molar refractivity (Wildman–Crippen MR) is 101 cm³/mol. The van der Waals surface area contributed by atoms with Gasteiger partial charge in [0.1, 0.15) is 0 Å². The maximum Gasteiger partial charge on any atom is 0.259 e. The Morgan fingerprint density at radius 1 is 1.38 bits per heavy atom. The van der Waals surface area contributed by atoms with Gasteiger partial charge in [0.15, 0.2) is 4.96 Å². The zero-order chi connectivity index (χ0) is 16.7. The van der Waals surface area contributed by atoms with Crippen molar-refractivity contribution in [3.8, 4) is 0 Å². The molecular weight excluding hydrogens is 386 g/mol. The van der Waals surface area contributed by atoms with Crippen molar-refractivity contribution in [2.75, 3.05) is 6.54 Å². The van der Waals surface area contributed by atoms with Gasteiger partial charge >= 0.3 is 0 Å². The molecule has 1 fully saturated rings. The summed E-state index contributed by atoms with van der Waals surface area (Å²) >= 11 is 5.09. The van der Waals surface area contributed by atoms with E-state index < -0.39 is 0 Å². The molecule has 1 saturated heterocycles. The normalized spacial score (nSPS) is 18.5. The number of rotatable bonds is 3. The van der Waals surface area contributed by atoms with Gasteiger partial charge in [0, 0.05) is 34.2 Å². The first-order valence-corrected chi connectivity index (χ1v) is 9.75. The van der Waals surface area contributed by atoms with Gasteiger partial charge in [-0.05, 0) is 44.0 Å². The molecule has 3 aromatic rings. The Morgan fingerprint density at radius 3 is 3.08 bits per heavy atom. The van der Waals surface area contributed by atoms with Crippen LogP contribution in [-0.2, 0) is 6.54 Å². The molecule has 1 aliphatic heterocycles. The molecule has 1 atom stereocenters. The van der Waals surface area contributed by atoms with E-state index >= 15 is 0 Å². The van der Waals surface area contributed by atoms with E-state index in [2.05, 4.69) is 45.1 Å². The Labute approximate surface area is 152 Å². The fraction of sp³-hybridized carbons (Fsp3) is 0.333. The van der Waals surface area contributed by atoms with Gasteiger partial charge in [-0.15, -0.1) is 11.3 Å². The molecule has 1 aromatic carbocycles. The monoisotopic (exact) mass is 403 g/mol. The van der Waals surface area contributed by atoms with Crippen LogP contribution < -0.4 is 5.56 Å². The minimum Gasteiger partial charge on any atom is -0.291 e. The highest BCUT2D eigenvalue weighted by atomic mass is 79.9. The van der Waals surface area contributed by atoms with Gasteiger partial charge in [0.05, 0.1) is 5.69 Å². The van der Waals surface area contributed by atoms with Crippen LogP contribution in [-0.4, -0.2) is 20.8 Å². The van der Waals surface area contributed by atoms with Crippen LogP contribution in [0.5, 0.6) is 0 Å². The average Bonchev–Trinajstić information content (AvgIpc) is 3.15. The van der Waals surface area contributed by atoms with E-state index in [1.165, 1.54) is 23.3 Å². The highest BCUT2D eigenvalue weighted by molar-refractivity contribution is 9.10. The van der Waals surface area contributed by atoms with Crippen LogP contribution in [0.4, 0.5) is 0 Å². The quantitative estimate of drug-likeness (QED) is 0.658. The third-order valence-electron chi connectivity index (χ3n) is 4.59. The van der Waals surface area contributed by atoms with Gasteiger partial charge in [-0.3, -0.25) is 14.1 Å². The number of thiazole rings is 1. The molecule has 124 valence electrons. The average molecular weight is 404 g/mol. The molecule has 0 spiro atoms. The van der Waals surface area contributed by atoms with Gasteiger partial charge in [-0.2, -0.15) is 0 Å². The lowest BCUT2D eigenvalue weighted by molar-refractivity contribution is 0.245. The molecule has 2 aromatic heterocycles. The van der Waals surface area contributed by atoms with Crippen molar-refractivity contribution in [1.82, 2.24) is 14.3 Å². The van der Waals surface area contributed by atoms with E-state index in [9.17, 15) is 4.79 Å². The fourth-order valence-electron chi connectivity index (χ4n) is 3.50. The molecule has 0 saturated carbocycles. The van der Waals surface area contributed by atoms with E-state index in [0.717, 1.165) is 40.3 Å². The van der Waals surface area contributed by atoms with Crippen LogP contribution in [0, 0.1) is 6.92 Å². The Hall–Kier alpha value is -1.50. The number of fused-ring (bicyclic) bond motifs is 1. The van der Waals surface area contributed by atoms with Crippen LogP contribution in [0.3, 0.4) is 0 Å². The van der Waals surface area contributed by atoms with Crippen molar-refractivity contribution in [1.29, 1.82) is 0 Å². The van der Waals surface area contributed by atoms with E-state index in [4.69, 9.17) is 4.98 Å². The summed E-state index contributed by atoms with van der Waals surface area (Å²) in [5.41, 5.74) is 3.16. The third kappa shape index (κ3) is 2.94. The van der Waals surface area contributed by atoms with E-state index in [0.29, 0.717) is 6.04 Å². The van der Waals surface area contributed by atoms with Gasteiger partial charge in [-0.25, -0.2) is 4.98 Å². The second kappa shape index (κ2) is 6.43. The summed E-state index contributed by atoms with van der Waals surface area (Å²) in [7, 11) is 0. The SMILES string of the molecule is Cc1csc2nc(CN3CCCC3c3cccc(Br)c3)cc(=O)n12. The Balaban J connectivity index is 1.63. The van der Waals surface area contributed by atoms with Crippen molar-refractivity contribution in [3.63, 3.8) is 0 Å². The lowest BCUT2D eigenvalue weighted by Gasteiger charge is -2.24. The second-order valence-electron chi connectivity index (χ2n) is 6.26. The number of halogens is 1. The zero-order valence-corrected chi connectivity index (χ0v) is 15.8. The summed E-state index contributed by atoms with van der Waals surface area (Å²) in [6.07, 6.45) is 2.33. The summed E-state index contributed by atoms with van der Waals surface area (Å²) in [6.45, 7) is 3.71. The number of aromatic nitrogens is 2. The maximum atomic E-state index is 12.4. The smallest absolute Gasteiger partial charge is 0.259 e. The van der Waals surface area contributed by atoms with Crippen LogP contribution in [0.1, 0.15) is 35.8 Å². The largest absolute Gasteiger partial charge is 0.291 e. The predicted octanol–water partition coefficient (Wildman–Crippen LogP) is 4.16. The first kappa shape index (κ1) is 16.0. The summed E-state index contributed by atoms with van der Waals surface area (Å²) < 4.78 is 2.79. The van der Waals surface area contributed by atoms with Crippen LogP contribution >= 0.6 is 27.3 Å². The van der Waals surface area contributed by atoms with E-state index in [1.807, 2.05) is 12.3 Å². The summed E-state index contributed by atoms with van der Waals surface area (Å²) in [5, 5.41) is 1.98. The van der Waals surface area contributed by atoms with E-state index in [1.54, 1.807) is 10.5 Å². The molecule has 0 aliphatic carbocycles. The fourth-order valence-corrected chi connectivity index (χ4v) is 4.80. The van der Waals surface area contributed by atoms with Crippen LogP contribution in [0.15, 0.2) is 45.0 Å². The zero-order valence-electron chi connectivity index (χ0n) is 13.4. The Kier molecular flexibility index (Phi) is 4.28. The number of aryl methyl sites for hydroxylation is 1. The molecule has 4 nitrogen and oxygen atoms in total. The number of likely N-dealkylation sites (tertiary alicyclic amines) is 1. The number of hydrogen-bond acceptors (Lipinski definition) is 4. The Morgan fingerprint density at radius 2 is 2.25 bits per heavy atom. The molecule has 0 amide bonds. The number of hydrogen-bond donors (Lipinski definition) is 0. The van der Waals surface area contributed by atoms with Gasteiger partial charge in [0.2, 0.25) is 0 Å². The van der Waals surface area contributed by atoms with Crippen molar-refractivity contribution >= 4 is 32.2 Å². The van der Waals surface area contributed by atoms with Crippen LogP contribution in [0.2, 0.25) is 0 Å².